The monoisotopic (exact) mass is 323 g/mol. The van der Waals surface area contributed by atoms with Gasteiger partial charge < -0.3 is 5.11 Å². The van der Waals surface area contributed by atoms with Gasteiger partial charge in [-0.05, 0) is 38.1 Å². The molecule has 0 radical (unpaired) electrons. The van der Waals surface area contributed by atoms with Gasteiger partial charge in [-0.25, -0.2) is 8.42 Å². The fraction of sp³-hybridized carbons (Fsp3) is 0.538. The Hall–Kier alpha value is -1.12. The van der Waals surface area contributed by atoms with E-state index in [1.165, 1.54) is 6.92 Å². The first-order valence-electron chi connectivity index (χ1n) is 6.40. The molecule has 2 rings (SSSR count). The molecule has 1 aliphatic heterocycles. The second kappa shape index (κ2) is 5.26. The molecule has 0 amide bonds. The number of nitrogens with one attached hydrogen (secondary N) is 1. The first-order chi connectivity index (χ1) is 9.56. The van der Waals surface area contributed by atoms with Crippen LogP contribution in [-0.2, 0) is 16.0 Å². The van der Waals surface area contributed by atoms with Gasteiger partial charge in [-0.1, -0.05) is 6.07 Å². The average molecular weight is 323 g/mol. The predicted octanol–water partition coefficient (Wildman–Crippen LogP) is 1.94. The van der Waals surface area contributed by atoms with E-state index in [0.717, 1.165) is 18.2 Å². The Balaban J connectivity index is 2.45. The average Bonchev–Trinajstić information content (AvgIpc) is 2.37. The molecule has 118 valence electrons. The van der Waals surface area contributed by atoms with Gasteiger partial charge in [0, 0.05) is 6.42 Å². The van der Waals surface area contributed by atoms with Crippen molar-refractivity contribution in [2.75, 3.05) is 6.54 Å². The largest absolute Gasteiger partial charge is 0.416 e. The number of aliphatic hydroxyl groups is 1. The SMILES string of the molecule is CC1(S(=O)(=O)c2cccc(C(F)(F)F)c2)CCNC(O)C1. The summed E-state index contributed by atoms with van der Waals surface area (Å²) in [5.74, 6) is 0. The first kappa shape index (κ1) is 16.3. The summed E-state index contributed by atoms with van der Waals surface area (Å²) in [6.07, 6.45) is -5.42. The minimum absolute atomic E-state index is 0.0639. The highest BCUT2D eigenvalue weighted by Crippen LogP contribution is 2.37. The molecule has 4 nitrogen and oxygen atoms in total. The van der Waals surface area contributed by atoms with Crippen LogP contribution in [0.2, 0.25) is 0 Å². The molecule has 0 spiro atoms. The Morgan fingerprint density at radius 2 is 2.05 bits per heavy atom. The normalized spacial score (nSPS) is 27.6. The van der Waals surface area contributed by atoms with Crippen LogP contribution in [0.25, 0.3) is 0 Å². The van der Waals surface area contributed by atoms with Crippen molar-refractivity contribution in [3.05, 3.63) is 29.8 Å². The molecule has 0 aromatic heterocycles. The lowest BCUT2D eigenvalue weighted by Crippen LogP contribution is -2.50. The first-order valence-corrected chi connectivity index (χ1v) is 7.88. The lowest BCUT2D eigenvalue weighted by atomic mass is 9.98. The highest BCUT2D eigenvalue weighted by atomic mass is 32.2. The van der Waals surface area contributed by atoms with Crippen molar-refractivity contribution in [1.82, 2.24) is 5.32 Å². The third-order valence-electron chi connectivity index (χ3n) is 3.78. The van der Waals surface area contributed by atoms with Crippen LogP contribution in [0.15, 0.2) is 29.2 Å². The summed E-state index contributed by atoms with van der Waals surface area (Å²) in [4.78, 5) is -0.367. The number of sulfone groups is 1. The van der Waals surface area contributed by atoms with Crippen LogP contribution in [-0.4, -0.2) is 31.0 Å². The molecule has 2 unspecified atom stereocenters. The van der Waals surface area contributed by atoms with E-state index >= 15 is 0 Å². The summed E-state index contributed by atoms with van der Waals surface area (Å²) in [5, 5.41) is 12.3. The minimum Gasteiger partial charge on any atom is -0.379 e. The summed E-state index contributed by atoms with van der Waals surface area (Å²) in [6.45, 7) is 1.74. The van der Waals surface area contributed by atoms with Crippen molar-refractivity contribution in [2.45, 2.75) is 41.8 Å². The van der Waals surface area contributed by atoms with E-state index in [1.54, 1.807) is 0 Å². The summed E-state index contributed by atoms with van der Waals surface area (Å²) in [6, 6.07) is 3.72. The molecule has 2 atom stereocenters. The summed E-state index contributed by atoms with van der Waals surface area (Å²) >= 11 is 0. The lowest BCUT2D eigenvalue weighted by molar-refractivity contribution is -0.137. The van der Waals surface area contributed by atoms with Gasteiger partial charge in [0.1, 0.15) is 6.23 Å². The molecule has 1 aromatic carbocycles. The number of hydrogen-bond acceptors (Lipinski definition) is 4. The number of halogens is 3. The number of aliphatic hydroxyl groups excluding tert-OH is 1. The predicted molar refractivity (Wildman–Crippen MR) is 70.3 cm³/mol. The zero-order valence-electron chi connectivity index (χ0n) is 11.3. The topological polar surface area (TPSA) is 66.4 Å². The van der Waals surface area contributed by atoms with Crippen molar-refractivity contribution in [3.8, 4) is 0 Å². The van der Waals surface area contributed by atoms with Gasteiger partial charge in [-0.15, -0.1) is 0 Å². The summed E-state index contributed by atoms with van der Waals surface area (Å²) in [5.41, 5.74) is -0.998. The van der Waals surface area contributed by atoms with Crippen LogP contribution in [0.3, 0.4) is 0 Å². The van der Waals surface area contributed by atoms with E-state index < -0.39 is 32.6 Å². The molecule has 1 saturated heterocycles. The number of hydrogen-bond donors (Lipinski definition) is 2. The van der Waals surface area contributed by atoms with Crippen LogP contribution in [0.5, 0.6) is 0 Å². The quantitative estimate of drug-likeness (QED) is 0.873. The van der Waals surface area contributed by atoms with E-state index in [2.05, 4.69) is 5.32 Å². The maximum Gasteiger partial charge on any atom is 0.416 e. The third kappa shape index (κ3) is 3.07. The molecule has 0 bridgehead atoms. The standard InChI is InChI=1S/C13H16F3NO3S/c1-12(5-6-17-11(18)8-12)21(19,20)10-4-2-3-9(7-10)13(14,15)16/h2-4,7,11,17-18H,5-6,8H2,1H3. The summed E-state index contributed by atoms with van der Waals surface area (Å²) in [7, 11) is -3.98. The van der Waals surface area contributed by atoms with Crippen molar-refractivity contribution in [2.24, 2.45) is 0 Å². The van der Waals surface area contributed by atoms with Crippen LogP contribution in [0, 0.1) is 0 Å². The molecule has 0 aliphatic carbocycles. The minimum atomic E-state index is -4.60. The van der Waals surface area contributed by atoms with Crippen LogP contribution in [0.1, 0.15) is 25.3 Å². The molecular formula is C13H16F3NO3S. The molecule has 1 aromatic rings. The molecule has 0 saturated carbocycles. The van der Waals surface area contributed by atoms with Crippen LogP contribution in [0.4, 0.5) is 13.2 Å². The van der Waals surface area contributed by atoms with Gasteiger partial charge >= 0.3 is 6.18 Å². The van der Waals surface area contributed by atoms with Crippen LogP contribution < -0.4 is 5.32 Å². The third-order valence-corrected chi connectivity index (χ3v) is 6.32. The van der Waals surface area contributed by atoms with E-state index in [-0.39, 0.29) is 24.3 Å². The molecule has 1 fully saturated rings. The second-order valence-electron chi connectivity index (χ2n) is 5.40. The van der Waals surface area contributed by atoms with Crippen molar-refractivity contribution >= 4 is 9.84 Å². The van der Waals surface area contributed by atoms with E-state index in [4.69, 9.17) is 0 Å². The molecule has 21 heavy (non-hydrogen) atoms. The van der Waals surface area contributed by atoms with Gasteiger partial charge in [-0.2, -0.15) is 13.2 Å². The zero-order valence-corrected chi connectivity index (χ0v) is 12.1. The van der Waals surface area contributed by atoms with Gasteiger partial charge in [0.15, 0.2) is 9.84 Å². The van der Waals surface area contributed by atoms with Gasteiger partial charge in [-0.3, -0.25) is 5.32 Å². The Morgan fingerprint density at radius 1 is 1.38 bits per heavy atom. The molecule has 8 heteroatoms. The lowest BCUT2D eigenvalue weighted by Gasteiger charge is -2.36. The number of alkyl halides is 3. The highest BCUT2D eigenvalue weighted by molar-refractivity contribution is 7.92. The maximum absolute atomic E-state index is 12.7. The van der Waals surface area contributed by atoms with Crippen molar-refractivity contribution in [1.29, 1.82) is 0 Å². The van der Waals surface area contributed by atoms with E-state index in [0.29, 0.717) is 6.07 Å². The van der Waals surface area contributed by atoms with Gasteiger partial charge in [0.05, 0.1) is 15.2 Å². The molecule has 2 N–H and O–H groups in total. The smallest absolute Gasteiger partial charge is 0.379 e. The Bertz CT molecular complexity index is 630. The molecule has 1 heterocycles. The zero-order chi connectivity index (χ0) is 15.9. The summed E-state index contributed by atoms with van der Waals surface area (Å²) < 4.78 is 62.1. The Morgan fingerprint density at radius 3 is 2.62 bits per heavy atom. The van der Waals surface area contributed by atoms with Crippen molar-refractivity contribution in [3.63, 3.8) is 0 Å². The van der Waals surface area contributed by atoms with Crippen LogP contribution >= 0.6 is 0 Å². The van der Waals surface area contributed by atoms with Gasteiger partial charge in [0.25, 0.3) is 0 Å². The fourth-order valence-electron chi connectivity index (χ4n) is 2.45. The van der Waals surface area contributed by atoms with E-state index in [9.17, 15) is 26.7 Å². The second-order valence-corrected chi connectivity index (χ2v) is 7.87. The molecule has 1 aliphatic rings. The Labute approximate surface area is 120 Å². The highest BCUT2D eigenvalue weighted by Gasteiger charge is 2.44. The maximum atomic E-state index is 12.7. The number of piperidine rings is 1. The van der Waals surface area contributed by atoms with Crippen molar-refractivity contribution < 1.29 is 26.7 Å². The van der Waals surface area contributed by atoms with Gasteiger partial charge in [0.2, 0.25) is 0 Å². The fourth-order valence-corrected chi connectivity index (χ4v) is 4.31. The number of benzene rings is 1. The Kier molecular flexibility index (Phi) is 4.07. The number of rotatable bonds is 2. The molecular weight excluding hydrogens is 307 g/mol. The van der Waals surface area contributed by atoms with E-state index in [1.807, 2.05) is 0 Å².